The number of sulfonamides is 1. The third-order valence-corrected chi connectivity index (χ3v) is 7.94. The van der Waals surface area contributed by atoms with Gasteiger partial charge in [0.1, 0.15) is 0 Å². The van der Waals surface area contributed by atoms with Crippen molar-refractivity contribution in [2.45, 2.75) is 56.3 Å². The third kappa shape index (κ3) is 2.60. The number of rotatable bonds is 5. The van der Waals surface area contributed by atoms with Crippen LogP contribution in [0.25, 0.3) is 0 Å². The van der Waals surface area contributed by atoms with E-state index in [9.17, 15) is 8.42 Å². The van der Waals surface area contributed by atoms with Gasteiger partial charge >= 0.3 is 0 Å². The first-order chi connectivity index (χ1) is 12.5. The summed E-state index contributed by atoms with van der Waals surface area (Å²) in [6.45, 7) is 4.95. The SMILES string of the molecule is CCc1nc([C@@]23CCC[C@@H]2CN(S(=O)(=O)c2ccccc2CC)C3)no1. The fourth-order valence-corrected chi connectivity index (χ4v) is 6.43. The quantitative estimate of drug-likeness (QED) is 0.803. The van der Waals surface area contributed by atoms with Gasteiger partial charge in [0, 0.05) is 19.5 Å². The van der Waals surface area contributed by atoms with Crippen LogP contribution in [0.1, 0.15) is 50.4 Å². The molecule has 0 N–H and O–H groups in total. The van der Waals surface area contributed by atoms with Crippen molar-refractivity contribution in [3.8, 4) is 0 Å². The Hall–Kier alpha value is -1.73. The van der Waals surface area contributed by atoms with Crippen LogP contribution in [0.4, 0.5) is 0 Å². The molecule has 1 aromatic carbocycles. The van der Waals surface area contributed by atoms with E-state index in [0.717, 1.165) is 24.8 Å². The van der Waals surface area contributed by atoms with Crippen LogP contribution in [-0.2, 0) is 28.3 Å². The molecule has 1 aliphatic carbocycles. The summed E-state index contributed by atoms with van der Waals surface area (Å²) in [4.78, 5) is 5.00. The number of aromatic nitrogens is 2. The second kappa shape index (κ2) is 6.46. The molecule has 0 bridgehead atoms. The summed E-state index contributed by atoms with van der Waals surface area (Å²) in [5, 5.41) is 4.22. The Morgan fingerprint density at radius 3 is 2.81 bits per heavy atom. The predicted molar refractivity (Wildman–Crippen MR) is 97.3 cm³/mol. The van der Waals surface area contributed by atoms with Crippen molar-refractivity contribution in [3.63, 3.8) is 0 Å². The fraction of sp³-hybridized carbons (Fsp3) is 0.579. The lowest BCUT2D eigenvalue weighted by atomic mass is 9.80. The van der Waals surface area contributed by atoms with Gasteiger partial charge in [-0.15, -0.1) is 0 Å². The second-order valence-electron chi connectivity index (χ2n) is 7.37. The molecule has 1 saturated carbocycles. The van der Waals surface area contributed by atoms with Crippen LogP contribution in [0, 0.1) is 5.92 Å². The maximum Gasteiger partial charge on any atom is 0.243 e. The van der Waals surface area contributed by atoms with Crippen molar-refractivity contribution >= 4 is 10.0 Å². The summed E-state index contributed by atoms with van der Waals surface area (Å²) in [5.41, 5.74) is 0.567. The van der Waals surface area contributed by atoms with Crippen molar-refractivity contribution < 1.29 is 12.9 Å². The van der Waals surface area contributed by atoms with Crippen molar-refractivity contribution in [1.29, 1.82) is 0 Å². The highest BCUT2D eigenvalue weighted by Crippen LogP contribution is 2.50. The van der Waals surface area contributed by atoms with Crippen LogP contribution < -0.4 is 0 Å². The van der Waals surface area contributed by atoms with Crippen LogP contribution >= 0.6 is 0 Å². The van der Waals surface area contributed by atoms with Gasteiger partial charge in [-0.05, 0) is 36.8 Å². The minimum Gasteiger partial charge on any atom is -0.339 e. The molecule has 1 aliphatic heterocycles. The van der Waals surface area contributed by atoms with Crippen molar-refractivity contribution in [2.75, 3.05) is 13.1 Å². The molecule has 4 rings (SSSR count). The Balaban J connectivity index is 1.70. The molecule has 1 aromatic heterocycles. The zero-order valence-electron chi connectivity index (χ0n) is 15.3. The lowest BCUT2D eigenvalue weighted by molar-refractivity contribution is 0.329. The average molecular weight is 375 g/mol. The van der Waals surface area contributed by atoms with Gasteiger partial charge in [0.25, 0.3) is 0 Å². The van der Waals surface area contributed by atoms with Gasteiger partial charge in [0.05, 0.1) is 10.3 Å². The summed E-state index contributed by atoms with van der Waals surface area (Å²) in [6, 6.07) is 7.31. The predicted octanol–water partition coefficient (Wildman–Crippen LogP) is 2.94. The molecule has 26 heavy (non-hydrogen) atoms. The minimum atomic E-state index is -3.52. The molecule has 2 heterocycles. The van der Waals surface area contributed by atoms with E-state index in [1.165, 1.54) is 0 Å². The number of benzene rings is 1. The van der Waals surface area contributed by atoms with E-state index in [4.69, 9.17) is 4.52 Å². The molecule has 6 nitrogen and oxygen atoms in total. The monoisotopic (exact) mass is 375 g/mol. The van der Waals surface area contributed by atoms with E-state index in [-0.39, 0.29) is 11.3 Å². The summed E-state index contributed by atoms with van der Waals surface area (Å²) in [7, 11) is -3.52. The molecule has 2 atom stereocenters. The molecule has 7 heteroatoms. The Morgan fingerprint density at radius 1 is 1.27 bits per heavy atom. The summed E-state index contributed by atoms with van der Waals surface area (Å²) in [5.74, 6) is 1.57. The van der Waals surface area contributed by atoms with Gasteiger partial charge in [0.15, 0.2) is 5.82 Å². The Kier molecular flexibility index (Phi) is 4.39. The van der Waals surface area contributed by atoms with E-state index in [0.29, 0.717) is 42.5 Å². The van der Waals surface area contributed by atoms with Gasteiger partial charge in [-0.2, -0.15) is 9.29 Å². The number of nitrogens with zero attached hydrogens (tertiary/aromatic N) is 3. The molecule has 1 saturated heterocycles. The van der Waals surface area contributed by atoms with Crippen LogP contribution in [0.5, 0.6) is 0 Å². The normalized spacial score (nSPS) is 26.3. The topological polar surface area (TPSA) is 76.3 Å². The molecular formula is C19H25N3O3S. The Bertz CT molecular complexity index is 908. The van der Waals surface area contributed by atoms with E-state index >= 15 is 0 Å². The van der Waals surface area contributed by atoms with Crippen LogP contribution in [-0.4, -0.2) is 36.0 Å². The number of fused-ring (bicyclic) bond motifs is 1. The standard InChI is InChI=1S/C19H25N3O3S/c1-3-14-8-5-6-10-16(14)26(23,24)22-12-15-9-7-11-19(15,13-22)18-20-17(4-2)25-21-18/h5-6,8,10,15H,3-4,7,9,11-13H2,1-2H3/t15-,19-/m1/s1. The highest BCUT2D eigenvalue weighted by atomic mass is 32.2. The molecule has 2 aromatic rings. The second-order valence-corrected chi connectivity index (χ2v) is 9.28. The van der Waals surface area contributed by atoms with Crippen LogP contribution in [0.15, 0.2) is 33.7 Å². The van der Waals surface area contributed by atoms with Gasteiger partial charge in [-0.25, -0.2) is 8.42 Å². The summed E-state index contributed by atoms with van der Waals surface area (Å²) < 4.78 is 33.7. The number of aryl methyl sites for hydroxylation is 2. The fourth-order valence-electron chi connectivity index (χ4n) is 4.58. The molecule has 0 radical (unpaired) electrons. The van der Waals surface area contributed by atoms with Crippen molar-refractivity contribution in [3.05, 3.63) is 41.5 Å². The third-order valence-electron chi connectivity index (χ3n) is 6.03. The first kappa shape index (κ1) is 17.7. The van der Waals surface area contributed by atoms with Gasteiger partial charge in [0.2, 0.25) is 15.9 Å². The largest absolute Gasteiger partial charge is 0.339 e. The first-order valence-electron chi connectivity index (χ1n) is 9.42. The Labute approximate surface area is 154 Å². The molecule has 140 valence electrons. The maximum atomic E-state index is 13.3. The van der Waals surface area contributed by atoms with Gasteiger partial charge in [-0.3, -0.25) is 0 Å². The van der Waals surface area contributed by atoms with Gasteiger partial charge < -0.3 is 4.52 Å². The van der Waals surface area contributed by atoms with E-state index in [1.54, 1.807) is 16.4 Å². The Morgan fingerprint density at radius 2 is 2.08 bits per heavy atom. The van der Waals surface area contributed by atoms with Crippen LogP contribution in [0.2, 0.25) is 0 Å². The number of hydrogen-bond acceptors (Lipinski definition) is 5. The van der Waals surface area contributed by atoms with Gasteiger partial charge in [-0.1, -0.05) is 43.6 Å². The average Bonchev–Trinajstić information content (AvgIpc) is 3.35. The van der Waals surface area contributed by atoms with E-state index in [2.05, 4.69) is 10.1 Å². The molecule has 0 spiro atoms. The maximum absolute atomic E-state index is 13.3. The van der Waals surface area contributed by atoms with E-state index < -0.39 is 10.0 Å². The van der Waals surface area contributed by atoms with Crippen LogP contribution in [0.3, 0.4) is 0 Å². The molecule has 2 aliphatic rings. The first-order valence-corrected chi connectivity index (χ1v) is 10.9. The zero-order chi connectivity index (χ0) is 18.4. The molecule has 0 amide bonds. The highest BCUT2D eigenvalue weighted by Gasteiger charge is 2.56. The lowest BCUT2D eigenvalue weighted by Crippen LogP contribution is -2.35. The number of hydrogen-bond donors (Lipinski definition) is 0. The molecule has 0 unspecified atom stereocenters. The summed E-state index contributed by atoms with van der Waals surface area (Å²) in [6.07, 6.45) is 4.40. The molecular weight excluding hydrogens is 350 g/mol. The minimum absolute atomic E-state index is 0.258. The zero-order valence-corrected chi connectivity index (χ0v) is 16.1. The smallest absolute Gasteiger partial charge is 0.243 e. The molecule has 2 fully saturated rings. The summed E-state index contributed by atoms with van der Waals surface area (Å²) >= 11 is 0. The lowest BCUT2D eigenvalue weighted by Gasteiger charge is -2.25. The van der Waals surface area contributed by atoms with Crippen molar-refractivity contribution in [1.82, 2.24) is 14.4 Å². The highest BCUT2D eigenvalue weighted by molar-refractivity contribution is 7.89. The van der Waals surface area contributed by atoms with Crippen molar-refractivity contribution in [2.24, 2.45) is 5.92 Å². The van der Waals surface area contributed by atoms with E-state index in [1.807, 2.05) is 26.0 Å².